The van der Waals surface area contributed by atoms with Gasteiger partial charge in [0, 0.05) is 11.8 Å². The molecule has 19 heavy (non-hydrogen) atoms. The highest BCUT2D eigenvalue weighted by Gasteiger charge is 2.17. The molecule has 1 aromatic heterocycles. The quantitative estimate of drug-likeness (QED) is 0.865. The second-order valence-electron chi connectivity index (χ2n) is 4.16. The molecule has 1 atom stereocenters. The van der Waals surface area contributed by atoms with Crippen molar-refractivity contribution in [3.63, 3.8) is 0 Å². The van der Waals surface area contributed by atoms with Gasteiger partial charge in [0.25, 0.3) is 5.91 Å². The highest BCUT2D eigenvalue weighted by molar-refractivity contribution is 5.93. The van der Waals surface area contributed by atoms with Crippen molar-refractivity contribution >= 4 is 5.91 Å². The molecule has 1 unspecified atom stereocenters. The molecular weight excluding hydrogens is 242 g/mol. The number of para-hydroxylation sites is 1. The van der Waals surface area contributed by atoms with Gasteiger partial charge in [-0.1, -0.05) is 25.1 Å². The Morgan fingerprint density at radius 2 is 2.26 bits per heavy atom. The highest BCUT2D eigenvalue weighted by atomic mass is 16.5. The van der Waals surface area contributed by atoms with Crippen LogP contribution in [0, 0.1) is 0 Å². The first-order valence-corrected chi connectivity index (χ1v) is 6.18. The lowest BCUT2D eigenvalue weighted by Gasteiger charge is -2.19. The van der Waals surface area contributed by atoms with Crippen molar-refractivity contribution in [3.8, 4) is 5.75 Å². The van der Waals surface area contributed by atoms with E-state index in [0.29, 0.717) is 5.56 Å². The summed E-state index contributed by atoms with van der Waals surface area (Å²) in [4.78, 5) is 12.0. The number of amides is 1. The Morgan fingerprint density at radius 1 is 1.47 bits per heavy atom. The topological polar surface area (TPSA) is 67.0 Å². The average Bonchev–Trinajstić information content (AvgIpc) is 2.98. The summed E-state index contributed by atoms with van der Waals surface area (Å²) >= 11 is 0. The van der Waals surface area contributed by atoms with Crippen LogP contribution in [0.2, 0.25) is 0 Å². The summed E-state index contributed by atoms with van der Waals surface area (Å²) in [5.41, 5.74) is 1.50. The maximum atomic E-state index is 12.0. The lowest BCUT2D eigenvalue weighted by atomic mass is 10.0. The molecule has 5 nitrogen and oxygen atoms in total. The van der Waals surface area contributed by atoms with Gasteiger partial charge in [-0.25, -0.2) is 0 Å². The summed E-state index contributed by atoms with van der Waals surface area (Å²) in [5, 5.41) is 9.38. The number of nitrogens with one attached hydrogen (secondary N) is 2. The zero-order chi connectivity index (χ0) is 13.7. The lowest BCUT2D eigenvalue weighted by Crippen LogP contribution is -2.28. The fourth-order valence-electron chi connectivity index (χ4n) is 1.97. The molecule has 0 saturated heterocycles. The van der Waals surface area contributed by atoms with Crippen molar-refractivity contribution in [2.45, 2.75) is 19.4 Å². The Labute approximate surface area is 112 Å². The summed E-state index contributed by atoms with van der Waals surface area (Å²) in [6.07, 6.45) is 3.86. The van der Waals surface area contributed by atoms with E-state index in [9.17, 15) is 4.79 Å². The van der Waals surface area contributed by atoms with Gasteiger partial charge in [-0.2, -0.15) is 5.10 Å². The van der Waals surface area contributed by atoms with Crippen LogP contribution in [-0.4, -0.2) is 23.2 Å². The van der Waals surface area contributed by atoms with Gasteiger partial charge in [0.05, 0.1) is 24.9 Å². The molecule has 1 heterocycles. The molecule has 0 spiro atoms. The van der Waals surface area contributed by atoms with Crippen LogP contribution in [0.25, 0.3) is 0 Å². The van der Waals surface area contributed by atoms with Crippen LogP contribution in [0.5, 0.6) is 5.75 Å². The molecule has 0 saturated carbocycles. The standard InChI is InChI=1S/C14H17N3O2/c1-3-12(11-6-4-5-7-13(11)19-2)17-14(18)10-8-15-16-9-10/h4-9,12H,3H2,1-2H3,(H,15,16)(H,17,18). The second kappa shape index (κ2) is 6.04. The first-order valence-electron chi connectivity index (χ1n) is 6.18. The number of aromatic amines is 1. The van der Waals surface area contributed by atoms with E-state index in [1.165, 1.54) is 6.20 Å². The summed E-state index contributed by atoms with van der Waals surface area (Å²) in [6.45, 7) is 2.02. The van der Waals surface area contributed by atoms with E-state index in [1.807, 2.05) is 31.2 Å². The smallest absolute Gasteiger partial charge is 0.254 e. The molecule has 0 aliphatic carbocycles. The van der Waals surface area contributed by atoms with E-state index in [-0.39, 0.29) is 11.9 Å². The predicted octanol–water partition coefficient (Wildman–Crippen LogP) is 2.30. The number of carbonyl (C=O) groups is 1. The number of aromatic nitrogens is 2. The van der Waals surface area contributed by atoms with Crippen molar-refractivity contribution in [2.75, 3.05) is 7.11 Å². The van der Waals surface area contributed by atoms with Gasteiger partial charge in [-0.15, -0.1) is 0 Å². The van der Waals surface area contributed by atoms with E-state index in [0.717, 1.165) is 17.7 Å². The number of ether oxygens (including phenoxy) is 1. The van der Waals surface area contributed by atoms with Gasteiger partial charge >= 0.3 is 0 Å². The first kappa shape index (κ1) is 13.1. The Hall–Kier alpha value is -2.30. The van der Waals surface area contributed by atoms with Gasteiger partial charge in [-0.05, 0) is 12.5 Å². The number of methoxy groups -OCH3 is 1. The van der Waals surface area contributed by atoms with Crippen molar-refractivity contribution in [3.05, 3.63) is 47.8 Å². The highest BCUT2D eigenvalue weighted by Crippen LogP contribution is 2.26. The van der Waals surface area contributed by atoms with Gasteiger partial charge in [-0.3, -0.25) is 9.89 Å². The van der Waals surface area contributed by atoms with Crippen molar-refractivity contribution < 1.29 is 9.53 Å². The first-order chi connectivity index (χ1) is 9.26. The number of carbonyl (C=O) groups excluding carboxylic acids is 1. The van der Waals surface area contributed by atoms with Crippen molar-refractivity contribution in [2.24, 2.45) is 0 Å². The Kier molecular flexibility index (Phi) is 4.18. The maximum Gasteiger partial charge on any atom is 0.254 e. The number of hydrogen-bond donors (Lipinski definition) is 2. The van der Waals surface area contributed by atoms with Crippen LogP contribution in [0.3, 0.4) is 0 Å². The van der Waals surface area contributed by atoms with Crippen molar-refractivity contribution in [1.29, 1.82) is 0 Å². The molecule has 1 amide bonds. The molecule has 5 heteroatoms. The van der Waals surface area contributed by atoms with Crippen molar-refractivity contribution in [1.82, 2.24) is 15.5 Å². The van der Waals surface area contributed by atoms with E-state index in [2.05, 4.69) is 15.5 Å². The Bertz CT molecular complexity index is 537. The molecule has 0 aliphatic rings. The van der Waals surface area contributed by atoms with Crippen LogP contribution in [0.15, 0.2) is 36.7 Å². The lowest BCUT2D eigenvalue weighted by molar-refractivity contribution is 0.0935. The third kappa shape index (κ3) is 2.93. The SMILES string of the molecule is CCC(NC(=O)c1cn[nH]c1)c1ccccc1OC. The van der Waals surface area contributed by atoms with Gasteiger partial charge in [0.1, 0.15) is 5.75 Å². The summed E-state index contributed by atoms with van der Waals surface area (Å²) in [6, 6.07) is 7.61. The molecule has 2 N–H and O–H groups in total. The monoisotopic (exact) mass is 259 g/mol. The van der Waals surface area contributed by atoms with Crippen LogP contribution in [-0.2, 0) is 0 Å². The molecule has 0 radical (unpaired) electrons. The van der Waals surface area contributed by atoms with Crippen LogP contribution < -0.4 is 10.1 Å². The maximum absolute atomic E-state index is 12.0. The van der Waals surface area contributed by atoms with E-state index in [1.54, 1.807) is 13.3 Å². The zero-order valence-corrected chi connectivity index (χ0v) is 11.0. The van der Waals surface area contributed by atoms with Crippen LogP contribution in [0.4, 0.5) is 0 Å². The number of rotatable bonds is 5. The molecule has 2 rings (SSSR count). The third-order valence-corrected chi connectivity index (χ3v) is 2.99. The van der Waals surface area contributed by atoms with E-state index >= 15 is 0 Å². The van der Waals surface area contributed by atoms with Gasteiger partial charge in [0.2, 0.25) is 0 Å². The predicted molar refractivity (Wildman–Crippen MR) is 72.1 cm³/mol. The minimum atomic E-state index is -0.147. The Balaban J connectivity index is 2.18. The fraction of sp³-hybridized carbons (Fsp3) is 0.286. The number of H-pyrrole nitrogens is 1. The molecule has 0 fully saturated rings. The summed E-state index contributed by atoms with van der Waals surface area (Å²) < 4.78 is 5.33. The normalized spacial score (nSPS) is 11.9. The van der Waals surface area contributed by atoms with Gasteiger partial charge in [0.15, 0.2) is 0 Å². The zero-order valence-electron chi connectivity index (χ0n) is 11.0. The molecule has 2 aromatic rings. The second-order valence-corrected chi connectivity index (χ2v) is 4.16. The molecule has 1 aromatic carbocycles. The summed E-state index contributed by atoms with van der Waals surface area (Å²) in [7, 11) is 1.63. The van der Waals surface area contributed by atoms with Crippen LogP contribution in [0.1, 0.15) is 35.3 Å². The molecule has 100 valence electrons. The fourth-order valence-corrected chi connectivity index (χ4v) is 1.97. The third-order valence-electron chi connectivity index (χ3n) is 2.99. The minimum Gasteiger partial charge on any atom is -0.496 e. The molecule has 0 aliphatic heterocycles. The van der Waals surface area contributed by atoms with E-state index < -0.39 is 0 Å². The van der Waals surface area contributed by atoms with Gasteiger partial charge < -0.3 is 10.1 Å². The largest absolute Gasteiger partial charge is 0.496 e. The molecular formula is C14H17N3O2. The number of hydrogen-bond acceptors (Lipinski definition) is 3. The number of benzene rings is 1. The molecule has 0 bridgehead atoms. The summed E-state index contributed by atoms with van der Waals surface area (Å²) in [5.74, 6) is 0.633. The number of nitrogens with zero attached hydrogens (tertiary/aromatic N) is 1. The van der Waals surface area contributed by atoms with Crippen LogP contribution >= 0.6 is 0 Å². The minimum absolute atomic E-state index is 0.0847. The van der Waals surface area contributed by atoms with E-state index in [4.69, 9.17) is 4.74 Å². The average molecular weight is 259 g/mol. The Morgan fingerprint density at radius 3 is 2.89 bits per heavy atom.